The molecule has 2 aliphatic rings. The molecule has 23 heavy (non-hydrogen) atoms. The van der Waals surface area contributed by atoms with E-state index in [2.05, 4.69) is 4.99 Å². The van der Waals surface area contributed by atoms with Crippen molar-refractivity contribution >= 4 is 29.1 Å². The van der Waals surface area contributed by atoms with Crippen LogP contribution < -0.4 is 0 Å². The van der Waals surface area contributed by atoms with Gasteiger partial charge in [0.15, 0.2) is 5.78 Å². The molecule has 0 fully saturated rings. The zero-order valence-corrected chi connectivity index (χ0v) is 13.9. The Kier molecular flexibility index (Phi) is 4.35. The highest BCUT2D eigenvalue weighted by atomic mass is 35.5. The Morgan fingerprint density at radius 3 is 2.83 bits per heavy atom. The Bertz CT molecular complexity index is 736. The van der Waals surface area contributed by atoms with Gasteiger partial charge in [-0.3, -0.25) is 14.6 Å². The molecule has 0 saturated heterocycles. The predicted octanol–water partition coefficient (Wildman–Crippen LogP) is 3.69. The van der Waals surface area contributed by atoms with E-state index in [4.69, 9.17) is 16.3 Å². The molecule has 1 aromatic rings. The van der Waals surface area contributed by atoms with Crippen LogP contribution in [0.1, 0.15) is 37.7 Å². The van der Waals surface area contributed by atoms with Gasteiger partial charge in [-0.15, -0.1) is 0 Å². The summed E-state index contributed by atoms with van der Waals surface area (Å²) in [6, 6.07) is 7.32. The third kappa shape index (κ3) is 2.83. The summed E-state index contributed by atoms with van der Waals surface area (Å²) in [7, 11) is 1.36. The maximum Gasteiger partial charge on any atom is 0.315 e. The van der Waals surface area contributed by atoms with Crippen LogP contribution in [0, 0.1) is 5.92 Å². The first kappa shape index (κ1) is 15.9. The summed E-state index contributed by atoms with van der Waals surface area (Å²) in [5.74, 6) is -1.26. The molecule has 0 N–H and O–H groups in total. The number of methoxy groups -OCH3 is 1. The number of aliphatic imine (C=N–C) groups is 1. The third-order valence-corrected chi connectivity index (χ3v) is 4.73. The monoisotopic (exact) mass is 331 g/mol. The van der Waals surface area contributed by atoms with Crippen molar-refractivity contribution < 1.29 is 14.3 Å². The fourth-order valence-corrected chi connectivity index (χ4v) is 3.70. The lowest BCUT2D eigenvalue weighted by atomic mass is 9.72. The van der Waals surface area contributed by atoms with Crippen molar-refractivity contribution in [3.63, 3.8) is 0 Å². The standard InChI is InChI=1S/C18H18ClNO3/c1-10-15(18(22)23-2)16(11-5-3-6-12(19)9-11)17-13(20-10)7-4-8-14(17)21/h3,5-6,9,15-16H,4,7-8H2,1-2H3/t15?,16-/m0/s1. The fourth-order valence-electron chi connectivity index (χ4n) is 3.50. The van der Waals surface area contributed by atoms with E-state index in [0.29, 0.717) is 22.7 Å². The molecule has 0 amide bonds. The minimum absolute atomic E-state index is 0.0707. The lowest BCUT2D eigenvalue weighted by Crippen LogP contribution is -2.36. The van der Waals surface area contributed by atoms with Crippen LogP contribution >= 0.6 is 11.6 Å². The van der Waals surface area contributed by atoms with Crippen molar-refractivity contribution in [1.82, 2.24) is 0 Å². The smallest absolute Gasteiger partial charge is 0.315 e. The van der Waals surface area contributed by atoms with Gasteiger partial charge in [-0.2, -0.15) is 0 Å². The number of Topliss-reactive ketones (excluding diaryl/α,β-unsaturated/α-hetero) is 1. The van der Waals surface area contributed by atoms with Gasteiger partial charge in [0.1, 0.15) is 5.92 Å². The van der Waals surface area contributed by atoms with Crippen LogP contribution in [0.15, 0.2) is 40.5 Å². The van der Waals surface area contributed by atoms with Crippen molar-refractivity contribution in [3.8, 4) is 0 Å². The number of rotatable bonds is 2. The molecule has 1 unspecified atom stereocenters. The number of benzene rings is 1. The summed E-state index contributed by atoms with van der Waals surface area (Å²) in [6.45, 7) is 1.82. The third-order valence-electron chi connectivity index (χ3n) is 4.50. The highest BCUT2D eigenvalue weighted by molar-refractivity contribution is 6.30. The molecule has 1 heterocycles. The molecule has 3 rings (SSSR count). The maximum atomic E-state index is 12.5. The van der Waals surface area contributed by atoms with Gasteiger partial charge >= 0.3 is 5.97 Å². The van der Waals surface area contributed by atoms with E-state index in [9.17, 15) is 9.59 Å². The normalized spacial score (nSPS) is 24.1. The lowest BCUT2D eigenvalue weighted by molar-refractivity contribution is -0.143. The summed E-state index contributed by atoms with van der Waals surface area (Å²) in [5.41, 5.74) is 3.00. The van der Waals surface area contributed by atoms with Crippen molar-refractivity contribution in [2.45, 2.75) is 32.1 Å². The number of esters is 1. The van der Waals surface area contributed by atoms with E-state index in [0.717, 1.165) is 24.1 Å². The van der Waals surface area contributed by atoms with Crippen LogP contribution in [0.2, 0.25) is 5.02 Å². The zero-order chi connectivity index (χ0) is 16.6. The number of allylic oxidation sites excluding steroid dienone is 2. The second kappa shape index (κ2) is 6.28. The molecule has 4 nitrogen and oxygen atoms in total. The summed E-state index contributed by atoms with van der Waals surface area (Å²) >= 11 is 6.13. The first-order chi connectivity index (χ1) is 11.0. The molecule has 1 aliphatic heterocycles. The van der Waals surface area contributed by atoms with Crippen LogP contribution in [-0.2, 0) is 14.3 Å². The van der Waals surface area contributed by atoms with Crippen molar-refractivity contribution in [1.29, 1.82) is 0 Å². The van der Waals surface area contributed by atoms with Gasteiger partial charge in [0.2, 0.25) is 0 Å². The van der Waals surface area contributed by atoms with E-state index >= 15 is 0 Å². The van der Waals surface area contributed by atoms with Crippen molar-refractivity contribution in [2.75, 3.05) is 7.11 Å². The van der Waals surface area contributed by atoms with Gasteiger partial charge in [0, 0.05) is 34.3 Å². The number of ether oxygens (including phenoxy) is 1. The van der Waals surface area contributed by atoms with Gasteiger partial charge in [-0.25, -0.2) is 0 Å². The first-order valence-electron chi connectivity index (χ1n) is 7.67. The Balaban J connectivity index is 2.19. The Hall–Kier alpha value is -1.94. The summed E-state index contributed by atoms with van der Waals surface area (Å²) in [6.07, 6.45) is 2.07. The molecule has 0 saturated carbocycles. The number of hydrogen-bond acceptors (Lipinski definition) is 4. The number of carbonyl (C=O) groups is 2. The minimum atomic E-state index is -0.584. The highest BCUT2D eigenvalue weighted by Gasteiger charge is 2.42. The molecular weight excluding hydrogens is 314 g/mol. The SMILES string of the molecule is COC(=O)C1C(C)=NC2=C(C(=O)CCC2)[C@H]1c1cccc(Cl)c1. The number of carbonyl (C=O) groups excluding carboxylic acids is 2. The Morgan fingerprint density at radius 2 is 2.13 bits per heavy atom. The van der Waals surface area contributed by atoms with E-state index in [-0.39, 0.29) is 17.7 Å². The summed E-state index contributed by atoms with van der Waals surface area (Å²) in [5, 5.41) is 0.580. The van der Waals surface area contributed by atoms with Gasteiger partial charge in [-0.05, 0) is 37.5 Å². The molecule has 0 spiro atoms. The molecule has 5 heteroatoms. The van der Waals surface area contributed by atoms with E-state index < -0.39 is 5.92 Å². The molecule has 2 atom stereocenters. The maximum absolute atomic E-state index is 12.5. The van der Waals surface area contributed by atoms with Gasteiger partial charge in [-0.1, -0.05) is 23.7 Å². The largest absolute Gasteiger partial charge is 0.468 e. The van der Waals surface area contributed by atoms with Gasteiger partial charge in [0.05, 0.1) is 7.11 Å². The van der Waals surface area contributed by atoms with Crippen LogP contribution in [0.25, 0.3) is 0 Å². The number of halogens is 1. The number of ketones is 1. The highest BCUT2D eigenvalue weighted by Crippen LogP contribution is 2.43. The zero-order valence-electron chi connectivity index (χ0n) is 13.1. The minimum Gasteiger partial charge on any atom is -0.468 e. The molecule has 1 aromatic carbocycles. The average molecular weight is 332 g/mol. The van der Waals surface area contributed by atoms with Crippen LogP contribution in [0.5, 0.6) is 0 Å². The Labute approximate surface area is 140 Å². The molecular formula is C18H18ClNO3. The van der Waals surface area contributed by atoms with Crippen molar-refractivity contribution in [3.05, 3.63) is 46.1 Å². The van der Waals surface area contributed by atoms with E-state index in [1.807, 2.05) is 25.1 Å². The Morgan fingerprint density at radius 1 is 1.35 bits per heavy atom. The number of hydrogen-bond donors (Lipinski definition) is 0. The quantitative estimate of drug-likeness (QED) is 0.776. The molecule has 120 valence electrons. The van der Waals surface area contributed by atoms with Crippen LogP contribution in [0.3, 0.4) is 0 Å². The van der Waals surface area contributed by atoms with E-state index in [1.165, 1.54) is 7.11 Å². The topological polar surface area (TPSA) is 55.7 Å². The second-order valence-electron chi connectivity index (χ2n) is 5.92. The van der Waals surface area contributed by atoms with E-state index in [1.54, 1.807) is 6.07 Å². The predicted molar refractivity (Wildman–Crippen MR) is 88.7 cm³/mol. The first-order valence-corrected chi connectivity index (χ1v) is 8.05. The lowest BCUT2D eigenvalue weighted by Gasteiger charge is -2.34. The average Bonchev–Trinajstić information content (AvgIpc) is 2.53. The van der Waals surface area contributed by atoms with Crippen LogP contribution in [0.4, 0.5) is 0 Å². The number of nitrogens with zero attached hydrogens (tertiary/aromatic N) is 1. The molecule has 0 aromatic heterocycles. The fraction of sp³-hybridized carbons (Fsp3) is 0.389. The van der Waals surface area contributed by atoms with Gasteiger partial charge < -0.3 is 4.74 Å². The summed E-state index contributed by atoms with van der Waals surface area (Å²) < 4.78 is 4.97. The summed E-state index contributed by atoms with van der Waals surface area (Å²) in [4.78, 5) is 29.5. The molecule has 1 aliphatic carbocycles. The second-order valence-corrected chi connectivity index (χ2v) is 6.36. The van der Waals surface area contributed by atoms with Gasteiger partial charge in [0.25, 0.3) is 0 Å². The molecule has 0 bridgehead atoms. The van der Waals surface area contributed by atoms with Crippen molar-refractivity contribution in [2.24, 2.45) is 10.9 Å². The van der Waals surface area contributed by atoms with Crippen LogP contribution in [-0.4, -0.2) is 24.6 Å². The molecule has 0 radical (unpaired) electrons.